The molecule has 1 aromatic carbocycles. The second-order valence-corrected chi connectivity index (χ2v) is 7.39. The Morgan fingerprint density at radius 3 is 2.73 bits per heavy atom. The van der Waals surface area contributed by atoms with Gasteiger partial charge in [0.05, 0.1) is 16.8 Å². The van der Waals surface area contributed by atoms with Gasteiger partial charge in [0, 0.05) is 28.9 Å². The van der Waals surface area contributed by atoms with Crippen LogP contribution in [-0.4, -0.2) is 34.6 Å². The van der Waals surface area contributed by atoms with Crippen molar-refractivity contribution in [3.05, 3.63) is 63.0 Å². The number of halogens is 1. The summed E-state index contributed by atoms with van der Waals surface area (Å²) in [5.74, 6) is -0.892. The first-order valence-electron chi connectivity index (χ1n) is 8.13. The predicted molar refractivity (Wildman–Crippen MR) is 109 cm³/mol. The number of aryl methyl sites for hydroxylation is 1. The minimum Gasteiger partial charge on any atom is -0.478 e. The van der Waals surface area contributed by atoms with Crippen molar-refractivity contribution in [2.24, 2.45) is 0 Å². The zero-order valence-corrected chi connectivity index (χ0v) is 16.2. The first-order valence-corrected chi connectivity index (χ1v) is 9.01. The van der Waals surface area contributed by atoms with Gasteiger partial charge in [0.2, 0.25) is 0 Å². The number of hydrogen-bond acceptors (Lipinski definition) is 4. The lowest BCUT2D eigenvalue weighted by Gasteiger charge is -2.28. The summed E-state index contributed by atoms with van der Waals surface area (Å²) in [6.07, 6.45) is 2.15. The van der Waals surface area contributed by atoms with Gasteiger partial charge >= 0.3 is 5.97 Å². The summed E-state index contributed by atoms with van der Waals surface area (Å²) in [4.78, 5) is 20.2. The highest BCUT2D eigenvalue weighted by molar-refractivity contribution is 7.11. The number of hydrogen-bond donors (Lipinski definition) is 1. The molecule has 0 saturated heterocycles. The fourth-order valence-corrected chi connectivity index (χ4v) is 4.29. The van der Waals surface area contributed by atoms with E-state index in [1.807, 2.05) is 31.3 Å². The van der Waals surface area contributed by atoms with Gasteiger partial charge in [-0.15, -0.1) is 23.7 Å². The van der Waals surface area contributed by atoms with E-state index >= 15 is 0 Å². The summed E-state index contributed by atoms with van der Waals surface area (Å²) in [6, 6.07) is 9.58. The lowest BCUT2D eigenvalue weighted by atomic mass is 9.93. The van der Waals surface area contributed by atoms with E-state index in [1.165, 1.54) is 10.4 Å². The molecule has 0 unspecified atom stereocenters. The molecule has 3 heterocycles. The highest BCUT2D eigenvalue weighted by Crippen LogP contribution is 2.34. The van der Waals surface area contributed by atoms with Crippen LogP contribution in [0.3, 0.4) is 0 Å². The van der Waals surface area contributed by atoms with E-state index in [0.717, 1.165) is 28.9 Å². The van der Waals surface area contributed by atoms with E-state index in [4.69, 9.17) is 4.98 Å². The molecule has 0 saturated carbocycles. The van der Waals surface area contributed by atoms with Crippen molar-refractivity contribution in [3.63, 3.8) is 0 Å². The molecule has 0 radical (unpaired) electrons. The molecule has 26 heavy (non-hydrogen) atoms. The van der Waals surface area contributed by atoms with Crippen molar-refractivity contribution in [1.82, 2.24) is 9.88 Å². The molecule has 0 amide bonds. The van der Waals surface area contributed by atoms with Crippen LogP contribution in [0.25, 0.3) is 22.6 Å². The third kappa shape index (κ3) is 3.14. The second-order valence-electron chi connectivity index (χ2n) is 6.45. The molecule has 4 nitrogen and oxygen atoms in total. The number of pyridine rings is 1. The Kier molecular flexibility index (Phi) is 5.14. The van der Waals surface area contributed by atoms with Crippen LogP contribution >= 0.6 is 23.7 Å². The summed E-state index contributed by atoms with van der Waals surface area (Å²) in [6.45, 7) is 3.44. The minimum atomic E-state index is -0.892. The normalized spacial score (nSPS) is 15.7. The van der Waals surface area contributed by atoms with Gasteiger partial charge < -0.3 is 5.11 Å². The summed E-state index contributed by atoms with van der Waals surface area (Å²) < 4.78 is 0. The maximum atomic E-state index is 12.0. The van der Waals surface area contributed by atoms with Gasteiger partial charge in [-0.3, -0.25) is 4.90 Å². The van der Waals surface area contributed by atoms with Crippen molar-refractivity contribution in [3.8, 4) is 0 Å². The van der Waals surface area contributed by atoms with E-state index in [1.54, 1.807) is 11.3 Å². The Morgan fingerprint density at radius 1 is 1.27 bits per heavy atom. The van der Waals surface area contributed by atoms with Gasteiger partial charge in [-0.25, -0.2) is 9.78 Å². The van der Waals surface area contributed by atoms with Crippen LogP contribution in [0.5, 0.6) is 0 Å². The predicted octanol–water partition coefficient (Wildman–Crippen LogP) is 4.71. The Labute approximate surface area is 162 Å². The third-order valence-corrected chi connectivity index (χ3v) is 5.55. The fraction of sp³-hybridized carbons (Fsp3) is 0.200. The molecular formula is C20H19ClN2O2S. The van der Waals surface area contributed by atoms with Gasteiger partial charge in [0.1, 0.15) is 0 Å². The number of benzene rings is 1. The number of thiophene rings is 1. The maximum absolute atomic E-state index is 12.0. The van der Waals surface area contributed by atoms with Crippen LogP contribution < -0.4 is 0 Å². The standard InChI is InChI=1S/C20H18N2O2S.ClH/c1-12-7-8-25-17(12)9-13-10-22(2)11-15-18(20(23)24)14-5-3-4-6-16(14)21-19(13)15;/h3-9H,10-11H2,1-2H3,(H,23,24);1H/b13-9+;. The number of aromatic nitrogens is 1. The highest BCUT2D eigenvalue weighted by Gasteiger charge is 2.27. The molecule has 6 heteroatoms. The molecule has 1 aliphatic heterocycles. The van der Waals surface area contributed by atoms with Crippen molar-refractivity contribution in [1.29, 1.82) is 0 Å². The molecule has 3 aromatic rings. The van der Waals surface area contributed by atoms with E-state index in [0.29, 0.717) is 17.5 Å². The van der Waals surface area contributed by atoms with Crippen molar-refractivity contribution in [2.45, 2.75) is 13.5 Å². The number of aromatic carboxylic acids is 1. The van der Waals surface area contributed by atoms with E-state index in [9.17, 15) is 9.90 Å². The Morgan fingerprint density at radius 2 is 2.04 bits per heavy atom. The largest absolute Gasteiger partial charge is 0.478 e. The number of rotatable bonds is 2. The van der Waals surface area contributed by atoms with Gasteiger partial charge in [-0.05, 0) is 48.7 Å². The highest BCUT2D eigenvalue weighted by atomic mass is 35.5. The molecule has 4 rings (SSSR count). The number of fused-ring (bicyclic) bond motifs is 2. The Hall–Kier alpha value is -2.21. The van der Waals surface area contributed by atoms with Crippen molar-refractivity contribution in [2.75, 3.05) is 13.6 Å². The van der Waals surface area contributed by atoms with Crippen LogP contribution in [-0.2, 0) is 6.54 Å². The molecule has 0 bridgehead atoms. The van der Waals surface area contributed by atoms with Crippen molar-refractivity contribution >= 4 is 52.3 Å². The molecule has 0 aliphatic carbocycles. The SMILES string of the molecule is Cc1ccsc1/C=C1\CN(C)Cc2c1nc1ccccc1c2C(=O)O.Cl. The molecule has 1 N–H and O–H groups in total. The average Bonchev–Trinajstić information content (AvgIpc) is 2.97. The number of carbonyl (C=O) groups is 1. The fourth-order valence-electron chi connectivity index (χ4n) is 3.41. The molecule has 0 fully saturated rings. The van der Waals surface area contributed by atoms with Crippen LogP contribution in [0.4, 0.5) is 0 Å². The summed E-state index contributed by atoms with van der Waals surface area (Å²) in [7, 11) is 2.01. The quantitative estimate of drug-likeness (QED) is 0.692. The second kappa shape index (κ2) is 7.19. The molecule has 0 spiro atoms. The number of nitrogens with zero attached hydrogens (tertiary/aromatic N) is 2. The van der Waals surface area contributed by atoms with E-state index in [-0.39, 0.29) is 12.4 Å². The van der Waals surface area contributed by atoms with Gasteiger partial charge in [-0.2, -0.15) is 0 Å². The van der Waals surface area contributed by atoms with E-state index in [2.05, 4.69) is 29.3 Å². The molecule has 0 atom stereocenters. The van der Waals surface area contributed by atoms with Crippen LogP contribution in [0.2, 0.25) is 0 Å². The summed E-state index contributed by atoms with van der Waals surface area (Å²) in [5, 5.41) is 12.6. The zero-order chi connectivity index (χ0) is 17.6. The monoisotopic (exact) mass is 386 g/mol. The topological polar surface area (TPSA) is 53.4 Å². The van der Waals surface area contributed by atoms with Gasteiger partial charge in [0.25, 0.3) is 0 Å². The summed E-state index contributed by atoms with van der Waals surface area (Å²) in [5.41, 5.74) is 5.04. The Balaban J connectivity index is 0.00000196. The van der Waals surface area contributed by atoms with Gasteiger partial charge in [0.15, 0.2) is 0 Å². The zero-order valence-electron chi connectivity index (χ0n) is 14.5. The maximum Gasteiger partial charge on any atom is 0.336 e. The van der Waals surface area contributed by atoms with Crippen LogP contribution in [0, 0.1) is 6.92 Å². The average molecular weight is 387 g/mol. The molecule has 134 valence electrons. The number of carboxylic acid groups (broad SMARTS) is 1. The summed E-state index contributed by atoms with van der Waals surface area (Å²) >= 11 is 1.69. The lowest BCUT2D eigenvalue weighted by molar-refractivity contribution is 0.0696. The first kappa shape index (κ1) is 18.6. The Bertz CT molecular complexity index is 1030. The van der Waals surface area contributed by atoms with Crippen molar-refractivity contribution < 1.29 is 9.90 Å². The molecule has 2 aromatic heterocycles. The van der Waals surface area contributed by atoms with Gasteiger partial charge in [-0.1, -0.05) is 18.2 Å². The third-order valence-electron chi connectivity index (χ3n) is 4.59. The minimum absolute atomic E-state index is 0. The van der Waals surface area contributed by atoms with E-state index < -0.39 is 5.97 Å². The number of carboxylic acids is 1. The van der Waals surface area contributed by atoms with Crippen LogP contribution in [0.1, 0.15) is 32.1 Å². The lowest BCUT2D eigenvalue weighted by Crippen LogP contribution is -2.28. The smallest absolute Gasteiger partial charge is 0.336 e. The molecular weight excluding hydrogens is 368 g/mol. The van der Waals surface area contributed by atoms with Crippen LogP contribution in [0.15, 0.2) is 35.7 Å². The number of para-hydroxylation sites is 1. The molecule has 1 aliphatic rings. The number of likely N-dealkylation sites (N-methyl/N-ethyl adjacent to an activating group) is 1. The first-order chi connectivity index (χ1) is 12.0.